The fourth-order valence-electron chi connectivity index (χ4n) is 2.51. The maximum atomic E-state index is 12.9. The fraction of sp³-hybridized carbons (Fsp3) is 0.600. The molecule has 1 N–H and O–H groups in total. The van der Waals surface area contributed by atoms with Gasteiger partial charge in [-0.3, -0.25) is 0 Å². The van der Waals surface area contributed by atoms with Gasteiger partial charge in [-0.1, -0.05) is 18.6 Å². The van der Waals surface area contributed by atoms with E-state index in [0.29, 0.717) is 17.9 Å². The number of nitrogens with zero attached hydrogens (tertiary/aromatic N) is 1. The third-order valence-corrected chi connectivity index (χ3v) is 6.04. The lowest BCUT2D eigenvalue weighted by atomic mass is 9.93. The van der Waals surface area contributed by atoms with Gasteiger partial charge in [0.25, 0.3) is 0 Å². The molecule has 0 saturated heterocycles. The third-order valence-electron chi connectivity index (χ3n) is 3.95. The van der Waals surface area contributed by atoms with E-state index in [9.17, 15) is 8.42 Å². The van der Waals surface area contributed by atoms with E-state index in [-0.39, 0.29) is 12.6 Å². The Hall–Kier alpha value is -0.910. The molecular weight excluding hydrogens is 274 g/mol. The maximum Gasteiger partial charge on any atom is 0.243 e. The van der Waals surface area contributed by atoms with Crippen LogP contribution in [0.5, 0.6) is 0 Å². The minimum atomic E-state index is -3.46. The Kier molecular flexibility index (Phi) is 4.83. The van der Waals surface area contributed by atoms with E-state index in [4.69, 9.17) is 5.11 Å². The van der Waals surface area contributed by atoms with Crippen LogP contribution in [0.2, 0.25) is 0 Å². The standard InChI is InChI=1S/C15H23NO3S/c1-12-7-8-13(2)15(11-12)20(18,19)16(9-4-10-17)14-5-3-6-14/h7-8,11,14,17H,3-6,9-10H2,1-2H3. The maximum absolute atomic E-state index is 12.9. The molecule has 0 unspecified atom stereocenters. The first kappa shape index (κ1) is 15.5. The van der Waals surface area contributed by atoms with Crippen LogP contribution in [0.15, 0.2) is 23.1 Å². The van der Waals surface area contributed by atoms with Crippen molar-refractivity contribution in [3.05, 3.63) is 29.3 Å². The van der Waals surface area contributed by atoms with Crippen molar-refractivity contribution in [2.75, 3.05) is 13.2 Å². The second-order valence-corrected chi connectivity index (χ2v) is 7.41. The molecule has 4 nitrogen and oxygen atoms in total. The molecule has 0 aromatic heterocycles. The highest BCUT2D eigenvalue weighted by molar-refractivity contribution is 7.89. The summed E-state index contributed by atoms with van der Waals surface area (Å²) in [6.45, 7) is 4.15. The van der Waals surface area contributed by atoms with Crippen LogP contribution in [-0.2, 0) is 10.0 Å². The number of hydrogen-bond acceptors (Lipinski definition) is 3. The van der Waals surface area contributed by atoms with Crippen molar-refractivity contribution in [3.63, 3.8) is 0 Å². The number of sulfonamides is 1. The van der Waals surface area contributed by atoms with Crippen molar-refractivity contribution in [3.8, 4) is 0 Å². The summed E-state index contributed by atoms with van der Waals surface area (Å²) >= 11 is 0. The normalized spacial score (nSPS) is 16.4. The average Bonchev–Trinajstić information content (AvgIpc) is 2.34. The quantitative estimate of drug-likeness (QED) is 0.876. The molecule has 1 saturated carbocycles. The van der Waals surface area contributed by atoms with Gasteiger partial charge in [0, 0.05) is 19.2 Å². The Morgan fingerprint density at radius 1 is 1.30 bits per heavy atom. The molecule has 5 heteroatoms. The molecule has 0 heterocycles. The summed E-state index contributed by atoms with van der Waals surface area (Å²) in [6, 6.07) is 5.63. The summed E-state index contributed by atoms with van der Waals surface area (Å²) in [5, 5.41) is 9.00. The predicted octanol–water partition coefficient (Wildman–Crippen LogP) is 2.23. The van der Waals surface area contributed by atoms with Gasteiger partial charge in [0.15, 0.2) is 0 Å². The SMILES string of the molecule is Cc1ccc(C)c(S(=O)(=O)N(CCCO)C2CCC2)c1. The topological polar surface area (TPSA) is 57.6 Å². The molecule has 1 aromatic carbocycles. The molecule has 1 aromatic rings. The zero-order valence-corrected chi connectivity index (χ0v) is 13.0. The first-order valence-electron chi connectivity index (χ1n) is 7.17. The lowest BCUT2D eigenvalue weighted by molar-refractivity contribution is 0.198. The summed E-state index contributed by atoms with van der Waals surface area (Å²) in [5.74, 6) is 0. The average molecular weight is 297 g/mol. The fourth-order valence-corrected chi connectivity index (χ4v) is 4.55. The van der Waals surface area contributed by atoms with Crippen LogP contribution in [0.1, 0.15) is 36.8 Å². The number of aryl methyl sites for hydroxylation is 2. The Morgan fingerprint density at radius 3 is 2.55 bits per heavy atom. The van der Waals surface area contributed by atoms with Crippen molar-refractivity contribution < 1.29 is 13.5 Å². The molecule has 2 rings (SSSR count). The van der Waals surface area contributed by atoms with Crippen molar-refractivity contribution in [2.24, 2.45) is 0 Å². The van der Waals surface area contributed by atoms with Crippen LogP contribution >= 0.6 is 0 Å². The molecule has 1 aliphatic carbocycles. The van der Waals surface area contributed by atoms with Crippen LogP contribution < -0.4 is 0 Å². The lowest BCUT2D eigenvalue weighted by Crippen LogP contribution is -2.45. The summed E-state index contributed by atoms with van der Waals surface area (Å²) in [7, 11) is -3.46. The molecule has 0 spiro atoms. The van der Waals surface area contributed by atoms with Crippen LogP contribution in [0, 0.1) is 13.8 Å². The Morgan fingerprint density at radius 2 is 2.00 bits per heavy atom. The van der Waals surface area contributed by atoms with E-state index in [1.165, 1.54) is 0 Å². The highest BCUT2D eigenvalue weighted by Gasteiger charge is 2.35. The molecule has 20 heavy (non-hydrogen) atoms. The number of hydrogen-bond donors (Lipinski definition) is 1. The zero-order valence-electron chi connectivity index (χ0n) is 12.2. The van der Waals surface area contributed by atoms with Gasteiger partial charge in [-0.05, 0) is 50.3 Å². The Bertz CT molecular complexity index is 564. The smallest absolute Gasteiger partial charge is 0.243 e. The van der Waals surface area contributed by atoms with Gasteiger partial charge in [-0.15, -0.1) is 0 Å². The molecule has 0 amide bonds. The van der Waals surface area contributed by atoms with Gasteiger partial charge in [0.2, 0.25) is 10.0 Å². The van der Waals surface area contributed by atoms with Crippen LogP contribution in [0.3, 0.4) is 0 Å². The summed E-state index contributed by atoms with van der Waals surface area (Å²) in [5.41, 5.74) is 1.73. The van der Waals surface area contributed by atoms with Gasteiger partial charge in [0.05, 0.1) is 4.90 Å². The van der Waals surface area contributed by atoms with Crippen molar-refractivity contribution in [2.45, 2.75) is 50.5 Å². The van der Waals surface area contributed by atoms with E-state index in [2.05, 4.69) is 0 Å². The van der Waals surface area contributed by atoms with E-state index >= 15 is 0 Å². The number of aliphatic hydroxyl groups excluding tert-OH is 1. The monoisotopic (exact) mass is 297 g/mol. The minimum Gasteiger partial charge on any atom is -0.396 e. The molecular formula is C15H23NO3S. The van der Waals surface area contributed by atoms with Crippen LogP contribution in [-0.4, -0.2) is 37.0 Å². The second kappa shape index (κ2) is 6.24. The molecule has 1 fully saturated rings. The molecule has 0 aliphatic heterocycles. The van der Waals surface area contributed by atoms with E-state index < -0.39 is 10.0 Å². The highest BCUT2D eigenvalue weighted by atomic mass is 32.2. The van der Waals surface area contributed by atoms with Crippen molar-refractivity contribution in [1.82, 2.24) is 4.31 Å². The summed E-state index contributed by atoms with van der Waals surface area (Å²) in [4.78, 5) is 0.405. The molecule has 0 atom stereocenters. The number of aliphatic hydroxyl groups is 1. The lowest BCUT2D eigenvalue weighted by Gasteiger charge is -2.36. The summed E-state index contributed by atoms with van der Waals surface area (Å²) in [6.07, 6.45) is 3.42. The predicted molar refractivity (Wildman–Crippen MR) is 79.1 cm³/mol. The van der Waals surface area contributed by atoms with Crippen molar-refractivity contribution in [1.29, 1.82) is 0 Å². The Labute approximate surface area is 121 Å². The van der Waals surface area contributed by atoms with Crippen LogP contribution in [0.25, 0.3) is 0 Å². The van der Waals surface area contributed by atoms with Gasteiger partial charge in [-0.25, -0.2) is 8.42 Å². The van der Waals surface area contributed by atoms with Gasteiger partial charge >= 0.3 is 0 Å². The number of rotatable bonds is 6. The van der Waals surface area contributed by atoms with Gasteiger partial charge in [-0.2, -0.15) is 4.31 Å². The number of benzene rings is 1. The van der Waals surface area contributed by atoms with Gasteiger partial charge < -0.3 is 5.11 Å². The van der Waals surface area contributed by atoms with Gasteiger partial charge in [0.1, 0.15) is 0 Å². The first-order chi connectivity index (χ1) is 9.46. The van der Waals surface area contributed by atoms with E-state index in [1.54, 1.807) is 10.4 Å². The molecule has 0 bridgehead atoms. The minimum absolute atomic E-state index is 0.0194. The second-order valence-electron chi connectivity index (χ2n) is 5.55. The molecule has 1 aliphatic rings. The zero-order chi connectivity index (χ0) is 14.8. The summed E-state index contributed by atoms with van der Waals surface area (Å²) < 4.78 is 27.4. The third kappa shape index (κ3) is 3.05. The largest absolute Gasteiger partial charge is 0.396 e. The molecule has 0 radical (unpaired) electrons. The van der Waals surface area contributed by atoms with E-state index in [1.807, 2.05) is 26.0 Å². The first-order valence-corrected chi connectivity index (χ1v) is 8.61. The van der Waals surface area contributed by atoms with Crippen LogP contribution in [0.4, 0.5) is 0 Å². The highest BCUT2D eigenvalue weighted by Crippen LogP contribution is 2.31. The Balaban J connectivity index is 2.36. The van der Waals surface area contributed by atoms with Crippen molar-refractivity contribution >= 4 is 10.0 Å². The van der Waals surface area contributed by atoms with E-state index in [0.717, 1.165) is 30.4 Å². The molecule has 112 valence electrons.